The molecule has 0 aliphatic carbocycles. The minimum Gasteiger partial charge on any atom is -0.444 e. The summed E-state index contributed by atoms with van der Waals surface area (Å²) in [5.74, 6) is 1.43. The number of nitrogens with two attached hydrogens (primary N) is 1. The van der Waals surface area contributed by atoms with Gasteiger partial charge >= 0.3 is 0 Å². The molecule has 0 spiro atoms. The maximum absolute atomic E-state index is 5.66. The molecule has 96 valence electrons. The molecule has 3 nitrogen and oxygen atoms in total. The van der Waals surface area contributed by atoms with Gasteiger partial charge in [-0.3, -0.25) is 0 Å². The molecule has 1 aromatic heterocycles. The van der Waals surface area contributed by atoms with Crippen LogP contribution in [0.15, 0.2) is 28.7 Å². The van der Waals surface area contributed by atoms with Crippen LogP contribution in [-0.4, -0.2) is 4.98 Å². The van der Waals surface area contributed by atoms with Gasteiger partial charge in [0.15, 0.2) is 5.89 Å². The molecule has 0 atom stereocenters. The molecule has 2 N–H and O–H groups in total. The average molecular weight is 244 g/mol. The van der Waals surface area contributed by atoms with E-state index in [2.05, 4.69) is 36.2 Å². The predicted molar refractivity (Wildman–Crippen MR) is 73.2 cm³/mol. The van der Waals surface area contributed by atoms with Gasteiger partial charge in [0.25, 0.3) is 0 Å². The molecule has 0 fully saturated rings. The Kier molecular flexibility index (Phi) is 4.15. The van der Waals surface area contributed by atoms with Gasteiger partial charge in [0.1, 0.15) is 11.5 Å². The lowest BCUT2D eigenvalue weighted by Crippen LogP contribution is -1.96. The quantitative estimate of drug-likeness (QED) is 0.876. The molecule has 18 heavy (non-hydrogen) atoms. The number of oxazole rings is 1. The van der Waals surface area contributed by atoms with Gasteiger partial charge in [-0.1, -0.05) is 37.6 Å². The van der Waals surface area contributed by atoms with E-state index in [0.29, 0.717) is 12.4 Å². The standard InChI is InChI=1S/C15H20N2O/c1-3-4-5-12-6-8-13(9-7-12)15-14(10-16)18-11(2)17-15/h6-9H,3-5,10,16H2,1-2H3. The highest BCUT2D eigenvalue weighted by Gasteiger charge is 2.11. The summed E-state index contributed by atoms with van der Waals surface area (Å²) in [5, 5.41) is 0. The first-order chi connectivity index (χ1) is 8.74. The summed E-state index contributed by atoms with van der Waals surface area (Å²) in [7, 11) is 0. The van der Waals surface area contributed by atoms with E-state index in [1.54, 1.807) is 0 Å². The predicted octanol–water partition coefficient (Wildman–Crippen LogP) is 3.45. The molecule has 0 unspecified atom stereocenters. The Morgan fingerprint density at radius 1 is 1.22 bits per heavy atom. The van der Waals surface area contributed by atoms with Crippen LogP contribution in [-0.2, 0) is 13.0 Å². The molecule has 0 radical (unpaired) electrons. The summed E-state index contributed by atoms with van der Waals surface area (Å²) < 4.78 is 5.48. The first-order valence-corrected chi connectivity index (χ1v) is 6.50. The molecule has 0 saturated carbocycles. The Morgan fingerprint density at radius 3 is 2.56 bits per heavy atom. The van der Waals surface area contributed by atoms with Gasteiger partial charge in [0, 0.05) is 12.5 Å². The molecule has 0 bridgehead atoms. The van der Waals surface area contributed by atoms with Crippen LogP contribution < -0.4 is 5.73 Å². The number of rotatable bonds is 5. The van der Waals surface area contributed by atoms with Crippen molar-refractivity contribution >= 4 is 0 Å². The maximum Gasteiger partial charge on any atom is 0.191 e. The minimum atomic E-state index is 0.383. The monoisotopic (exact) mass is 244 g/mol. The summed E-state index contributed by atoms with van der Waals surface area (Å²) in [6.07, 6.45) is 3.59. The van der Waals surface area contributed by atoms with E-state index in [9.17, 15) is 0 Å². The van der Waals surface area contributed by atoms with E-state index in [-0.39, 0.29) is 0 Å². The number of nitrogens with zero attached hydrogens (tertiary/aromatic N) is 1. The van der Waals surface area contributed by atoms with Crippen molar-refractivity contribution in [2.24, 2.45) is 5.73 Å². The number of hydrogen-bond donors (Lipinski definition) is 1. The van der Waals surface area contributed by atoms with E-state index in [4.69, 9.17) is 10.2 Å². The third-order valence-electron chi connectivity index (χ3n) is 3.04. The maximum atomic E-state index is 5.66. The van der Waals surface area contributed by atoms with Gasteiger partial charge in [-0.2, -0.15) is 0 Å². The molecule has 0 amide bonds. The topological polar surface area (TPSA) is 52.0 Å². The lowest BCUT2D eigenvalue weighted by molar-refractivity contribution is 0.477. The van der Waals surface area contributed by atoms with E-state index in [1.807, 2.05) is 6.92 Å². The smallest absolute Gasteiger partial charge is 0.191 e. The number of aromatic nitrogens is 1. The van der Waals surface area contributed by atoms with Crippen molar-refractivity contribution in [1.29, 1.82) is 0 Å². The SMILES string of the molecule is CCCCc1ccc(-c2nc(C)oc2CN)cc1. The zero-order valence-electron chi connectivity index (χ0n) is 11.1. The fourth-order valence-electron chi connectivity index (χ4n) is 2.04. The second-order valence-corrected chi connectivity index (χ2v) is 4.51. The molecule has 0 saturated heterocycles. The van der Waals surface area contributed by atoms with Crippen molar-refractivity contribution in [1.82, 2.24) is 4.98 Å². The fourth-order valence-corrected chi connectivity index (χ4v) is 2.04. The third kappa shape index (κ3) is 2.79. The highest BCUT2D eigenvalue weighted by molar-refractivity contribution is 5.61. The van der Waals surface area contributed by atoms with Crippen molar-refractivity contribution < 1.29 is 4.42 Å². The molecular weight excluding hydrogens is 224 g/mol. The number of unbranched alkanes of at least 4 members (excludes halogenated alkanes) is 1. The average Bonchev–Trinajstić information content (AvgIpc) is 2.78. The number of benzene rings is 1. The Labute approximate surface area is 108 Å². The van der Waals surface area contributed by atoms with Crippen molar-refractivity contribution in [3.63, 3.8) is 0 Å². The second-order valence-electron chi connectivity index (χ2n) is 4.51. The summed E-state index contributed by atoms with van der Waals surface area (Å²) in [6.45, 7) is 4.44. The fraction of sp³-hybridized carbons (Fsp3) is 0.400. The van der Waals surface area contributed by atoms with Crippen molar-refractivity contribution in [2.45, 2.75) is 39.7 Å². The first kappa shape index (κ1) is 12.8. The highest BCUT2D eigenvalue weighted by Crippen LogP contribution is 2.24. The van der Waals surface area contributed by atoms with Gasteiger partial charge < -0.3 is 10.2 Å². The van der Waals surface area contributed by atoms with Crippen LogP contribution in [0, 0.1) is 6.92 Å². The molecule has 0 aliphatic rings. The largest absolute Gasteiger partial charge is 0.444 e. The van der Waals surface area contributed by atoms with Gasteiger partial charge in [-0.15, -0.1) is 0 Å². The van der Waals surface area contributed by atoms with Crippen LogP contribution in [0.3, 0.4) is 0 Å². The second kappa shape index (κ2) is 5.83. The minimum absolute atomic E-state index is 0.383. The molecule has 1 aromatic carbocycles. The van der Waals surface area contributed by atoms with Crippen LogP contribution in [0.25, 0.3) is 11.3 Å². The van der Waals surface area contributed by atoms with Crippen LogP contribution >= 0.6 is 0 Å². The van der Waals surface area contributed by atoms with E-state index in [0.717, 1.165) is 23.4 Å². The van der Waals surface area contributed by atoms with Gasteiger partial charge in [-0.05, 0) is 18.4 Å². The molecular formula is C15H20N2O. The third-order valence-corrected chi connectivity index (χ3v) is 3.04. The Hall–Kier alpha value is -1.61. The van der Waals surface area contributed by atoms with E-state index >= 15 is 0 Å². The van der Waals surface area contributed by atoms with Gasteiger partial charge in [0.2, 0.25) is 0 Å². The van der Waals surface area contributed by atoms with Crippen LogP contribution in [0.1, 0.15) is 37.0 Å². The Bertz CT molecular complexity index is 500. The normalized spacial score (nSPS) is 10.8. The van der Waals surface area contributed by atoms with Crippen LogP contribution in [0.5, 0.6) is 0 Å². The van der Waals surface area contributed by atoms with E-state index < -0.39 is 0 Å². The Balaban J connectivity index is 2.22. The molecule has 3 heteroatoms. The summed E-state index contributed by atoms with van der Waals surface area (Å²) >= 11 is 0. The molecule has 0 aliphatic heterocycles. The van der Waals surface area contributed by atoms with Crippen molar-refractivity contribution in [3.05, 3.63) is 41.5 Å². The lowest BCUT2D eigenvalue weighted by Gasteiger charge is -2.02. The van der Waals surface area contributed by atoms with Crippen molar-refractivity contribution in [3.8, 4) is 11.3 Å². The van der Waals surface area contributed by atoms with Crippen LogP contribution in [0.2, 0.25) is 0 Å². The van der Waals surface area contributed by atoms with E-state index in [1.165, 1.54) is 18.4 Å². The molecule has 2 rings (SSSR count). The van der Waals surface area contributed by atoms with Crippen LogP contribution in [0.4, 0.5) is 0 Å². The molecule has 1 heterocycles. The summed E-state index contributed by atoms with van der Waals surface area (Å²) in [5.41, 5.74) is 8.98. The summed E-state index contributed by atoms with van der Waals surface area (Å²) in [6, 6.07) is 8.52. The molecule has 2 aromatic rings. The lowest BCUT2D eigenvalue weighted by atomic mass is 10.0. The Morgan fingerprint density at radius 2 is 1.94 bits per heavy atom. The van der Waals surface area contributed by atoms with Gasteiger partial charge in [-0.25, -0.2) is 4.98 Å². The van der Waals surface area contributed by atoms with Crippen molar-refractivity contribution in [2.75, 3.05) is 0 Å². The zero-order valence-corrected chi connectivity index (χ0v) is 11.1. The van der Waals surface area contributed by atoms with Gasteiger partial charge in [0.05, 0.1) is 6.54 Å². The summed E-state index contributed by atoms with van der Waals surface area (Å²) in [4.78, 5) is 4.40. The zero-order chi connectivity index (χ0) is 13.0. The highest BCUT2D eigenvalue weighted by atomic mass is 16.4. The number of hydrogen-bond acceptors (Lipinski definition) is 3. The number of aryl methyl sites for hydroxylation is 2. The first-order valence-electron chi connectivity index (χ1n) is 6.50.